The average molecular weight is 531 g/mol. The Morgan fingerprint density at radius 1 is 1.06 bits per heavy atom. The number of hydrogen-bond acceptors (Lipinski definition) is 4. The Hall–Kier alpha value is -2.78. The van der Waals surface area contributed by atoms with Gasteiger partial charge >= 0.3 is 0 Å². The van der Waals surface area contributed by atoms with E-state index in [9.17, 15) is 17.6 Å². The highest BCUT2D eigenvalue weighted by Crippen LogP contribution is 2.37. The van der Waals surface area contributed by atoms with Crippen LogP contribution in [0.1, 0.15) is 28.8 Å². The Morgan fingerprint density at radius 3 is 2.44 bits per heavy atom. The number of hydrogen-bond donors (Lipinski definition) is 1. The van der Waals surface area contributed by atoms with Gasteiger partial charge in [-0.1, -0.05) is 48.0 Å². The Balaban J connectivity index is 1.47. The summed E-state index contributed by atoms with van der Waals surface area (Å²) in [5.74, 6) is -1.11. The molecular formula is C27H28ClFN2O4S. The molecule has 0 atom stereocenters. The first kappa shape index (κ1) is 26.3. The summed E-state index contributed by atoms with van der Waals surface area (Å²) < 4.78 is 47.3. The van der Waals surface area contributed by atoms with Gasteiger partial charge in [0.25, 0.3) is 5.91 Å². The highest BCUT2D eigenvalue weighted by atomic mass is 35.5. The van der Waals surface area contributed by atoms with Crippen LogP contribution in [0.5, 0.6) is 0 Å². The minimum absolute atomic E-state index is 0.0505. The molecule has 190 valence electrons. The van der Waals surface area contributed by atoms with Gasteiger partial charge in [-0.15, -0.1) is 0 Å². The standard InChI is InChI=1S/C27H28ClFN2O4S/c1-35-19-27(18-20-6-3-2-4-7-20)12-14-31(15-13-27)36(33,34)23-9-5-8-21(16-23)26(32)30-22-10-11-25(29)24(28)17-22/h2-11,16-17H,12-15,18-19H2,1H3,(H,30,32). The maximum absolute atomic E-state index is 13.4. The van der Waals surface area contributed by atoms with E-state index in [1.54, 1.807) is 7.11 Å². The summed E-state index contributed by atoms with van der Waals surface area (Å²) in [6.45, 7) is 1.28. The van der Waals surface area contributed by atoms with Crippen LogP contribution in [0.4, 0.5) is 10.1 Å². The first-order valence-corrected chi connectivity index (χ1v) is 13.4. The van der Waals surface area contributed by atoms with Crippen molar-refractivity contribution < 1.29 is 22.3 Å². The number of ether oxygens (including phenoxy) is 1. The molecule has 0 unspecified atom stereocenters. The predicted octanol–water partition coefficient (Wildman–Crippen LogP) is 5.39. The van der Waals surface area contributed by atoms with Crippen LogP contribution < -0.4 is 5.32 Å². The fraction of sp³-hybridized carbons (Fsp3) is 0.296. The highest BCUT2D eigenvalue weighted by Gasteiger charge is 2.39. The molecular weight excluding hydrogens is 503 g/mol. The van der Waals surface area contributed by atoms with Crippen LogP contribution in [0.15, 0.2) is 77.7 Å². The molecule has 36 heavy (non-hydrogen) atoms. The van der Waals surface area contributed by atoms with Crippen molar-refractivity contribution in [2.24, 2.45) is 5.41 Å². The lowest BCUT2D eigenvalue weighted by molar-refractivity contribution is 0.0392. The number of piperidine rings is 1. The fourth-order valence-corrected chi connectivity index (χ4v) is 6.30. The molecule has 0 aliphatic carbocycles. The summed E-state index contributed by atoms with van der Waals surface area (Å²) in [4.78, 5) is 12.8. The maximum Gasteiger partial charge on any atom is 0.255 e. The van der Waals surface area contributed by atoms with Crippen molar-refractivity contribution in [3.63, 3.8) is 0 Å². The summed E-state index contributed by atoms with van der Waals surface area (Å²) >= 11 is 5.78. The molecule has 0 spiro atoms. The summed E-state index contributed by atoms with van der Waals surface area (Å²) in [6.07, 6.45) is 2.15. The minimum Gasteiger partial charge on any atom is -0.384 e. The Morgan fingerprint density at radius 2 is 1.78 bits per heavy atom. The van der Waals surface area contributed by atoms with Crippen LogP contribution >= 0.6 is 11.6 Å². The van der Waals surface area contributed by atoms with E-state index in [1.165, 1.54) is 46.3 Å². The molecule has 1 heterocycles. The molecule has 0 radical (unpaired) electrons. The van der Waals surface area contributed by atoms with Crippen molar-refractivity contribution in [1.82, 2.24) is 4.31 Å². The van der Waals surface area contributed by atoms with E-state index in [1.807, 2.05) is 18.2 Å². The van der Waals surface area contributed by atoms with Crippen LogP contribution in [-0.2, 0) is 21.2 Å². The second kappa shape index (κ2) is 11.1. The van der Waals surface area contributed by atoms with E-state index >= 15 is 0 Å². The van der Waals surface area contributed by atoms with Crippen molar-refractivity contribution in [3.8, 4) is 0 Å². The highest BCUT2D eigenvalue weighted by molar-refractivity contribution is 7.89. The normalized spacial score (nSPS) is 16.0. The van der Waals surface area contributed by atoms with Gasteiger partial charge in [-0.05, 0) is 61.2 Å². The topological polar surface area (TPSA) is 75.7 Å². The number of nitrogens with one attached hydrogen (secondary N) is 1. The van der Waals surface area contributed by atoms with E-state index < -0.39 is 21.7 Å². The third kappa shape index (κ3) is 5.95. The van der Waals surface area contributed by atoms with Gasteiger partial charge in [0, 0.05) is 36.9 Å². The van der Waals surface area contributed by atoms with Crippen molar-refractivity contribution in [2.75, 3.05) is 32.1 Å². The molecule has 3 aromatic rings. The second-order valence-electron chi connectivity index (χ2n) is 9.11. The van der Waals surface area contributed by atoms with Gasteiger partial charge in [-0.3, -0.25) is 4.79 Å². The van der Waals surface area contributed by atoms with Crippen LogP contribution in [0.25, 0.3) is 0 Å². The number of amides is 1. The van der Waals surface area contributed by atoms with Gasteiger partial charge < -0.3 is 10.1 Å². The summed E-state index contributed by atoms with van der Waals surface area (Å²) in [5.41, 5.74) is 1.54. The monoisotopic (exact) mass is 530 g/mol. The number of methoxy groups -OCH3 is 1. The van der Waals surface area contributed by atoms with Crippen LogP contribution in [0.2, 0.25) is 5.02 Å². The molecule has 1 aliphatic heterocycles. The predicted molar refractivity (Wildman–Crippen MR) is 138 cm³/mol. The lowest BCUT2D eigenvalue weighted by atomic mass is 9.75. The van der Waals surface area contributed by atoms with Gasteiger partial charge in [-0.25, -0.2) is 12.8 Å². The van der Waals surface area contributed by atoms with Gasteiger partial charge in [-0.2, -0.15) is 4.31 Å². The molecule has 1 fully saturated rings. The molecule has 1 N–H and O–H groups in total. The number of rotatable bonds is 8. The average Bonchev–Trinajstić information content (AvgIpc) is 2.87. The molecule has 0 bridgehead atoms. The molecule has 9 heteroatoms. The van der Waals surface area contributed by atoms with E-state index in [2.05, 4.69) is 17.4 Å². The third-order valence-corrected chi connectivity index (χ3v) is 8.75. The van der Waals surface area contributed by atoms with E-state index in [0.717, 1.165) is 12.5 Å². The quantitative estimate of drug-likeness (QED) is 0.423. The molecule has 0 saturated carbocycles. The Kier molecular flexibility index (Phi) is 8.10. The van der Waals surface area contributed by atoms with Crippen molar-refractivity contribution >= 4 is 33.2 Å². The zero-order valence-corrected chi connectivity index (χ0v) is 21.5. The Labute approximate surface area is 216 Å². The van der Waals surface area contributed by atoms with Gasteiger partial charge in [0.05, 0.1) is 16.5 Å². The molecule has 3 aromatic carbocycles. The molecule has 6 nitrogen and oxygen atoms in total. The second-order valence-corrected chi connectivity index (χ2v) is 11.5. The van der Waals surface area contributed by atoms with E-state index in [4.69, 9.17) is 16.3 Å². The molecule has 1 amide bonds. The minimum atomic E-state index is -3.80. The molecule has 4 rings (SSSR count). The summed E-state index contributed by atoms with van der Waals surface area (Å²) in [7, 11) is -2.13. The first-order valence-electron chi connectivity index (χ1n) is 11.6. The van der Waals surface area contributed by atoms with Crippen LogP contribution in [0.3, 0.4) is 0 Å². The zero-order chi connectivity index (χ0) is 25.8. The molecule has 1 saturated heterocycles. The van der Waals surface area contributed by atoms with E-state index in [0.29, 0.717) is 38.2 Å². The van der Waals surface area contributed by atoms with Crippen molar-refractivity contribution in [1.29, 1.82) is 0 Å². The number of anilines is 1. The van der Waals surface area contributed by atoms with Crippen molar-refractivity contribution in [3.05, 3.63) is 94.8 Å². The van der Waals surface area contributed by atoms with Gasteiger partial charge in [0.15, 0.2) is 0 Å². The van der Waals surface area contributed by atoms with Crippen LogP contribution in [0, 0.1) is 11.2 Å². The molecule has 1 aliphatic rings. The van der Waals surface area contributed by atoms with Gasteiger partial charge in [0.1, 0.15) is 5.82 Å². The fourth-order valence-electron chi connectivity index (χ4n) is 4.63. The van der Waals surface area contributed by atoms with E-state index in [-0.39, 0.29) is 20.9 Å². The lowest BCUT2D eigenvalue weighted by Gasteiger charge is -2.41. The number of nitrogens with zero attached hydrogens (tertiary/aromatic N) is 1. The SMILES string of the molecule is COCC1(Cc2ccccc2)CCN(S(=O)(=O)c2cccc(C(=O)Nc3ccc(F)c(Cl)c3)c2)CC1. The lowest BCUT2D eigenvalue weighted by Crippen LogP contribution is -2.45. The zero-order valence-electron chi connectivity index (χ0n) is 19.9. The number of carbonyl (C=O) groups excluding carboxylic acids is 1. The Bertz CT molecular complexity index is 1330. The smallest absolute Gasteiger partial charge is 0.255 e. The number of carbonyl (C=O) groups is 1. The molecule has 0 aromatic heterocycles. The van der Waals surface area contributed by atoms with Crippen molar-refractivity contribution in [2.45, 2.75) is 24.2 Å². The summed E-state index contributed by atoms with van der Waals surface area (Å²) in [5, 5.41) is 2.50. The summed E-state index contributed by atoms with van der Waals surface area (Å²) in [6, 6.07) is 19.9. The number of benzene rings is 3. The maximum atomic E-state index is 13.4. The number of sulfonamides is 1. The van der Waals surface area contributed by atoms with Gasteiger partial charge in [0.2, 0.25) is 10.0 Å². The van der Waals surface area contributed by atoms with Crippen LogP contribution in [-0.4, -0.2) is 45.4 Å². The third-order valence-electron chi connectivity index (χ3n) is 6.57. The number of halogens is 2. The largest absolute Gasteiger partial charge is 0.384 e. The first-order chi connectivity index (χ1) is 17.2.